The van der Waals surface area contributed by atoms with Crippen molar-refractivity contribution >= 4 is 11.9 Å². The van der Waals surface area contributed by atoms with E-state index in [0.717, 1.165) is 18.4 Å². The van der Waals surface area contributed by atoms with Crippen molar-refractivity contribution < 1.29 is 4.79 Å². The summed E-state index contributed by atoms with van der Waals surface area (Å²) in [6.07, 6.45) is 4.40. The molecular weight excluding hydrogens is 172 g/mol. The van der Waals surface area contributed by atoms with Crippen LogP contribution < -0.4 is 0 Å². The number of carbonyl (C=O) groups excluding carboxylic acids is 1. The largest absolute Gasteiger partial charge is 0.295 e. The fourth-order valence-electron chi connectivity index (χ4n) is 1.85. The lowest BCUT2D eigenvalue weighted by atomic mass is 9.91. The van der Waals surface area contributed by atoms with Gasteiger partial charge >= 0.3 is 0 Å². The first-order valence-corrected chi connectivity index (χ1v) is 4.98. The van der Waals surface area contributed by atoms with Crippen LogP contribution in [0.15, 0.2) is 23.8 Å². The Hall–Kier alpha value is -1.37. The summed E-state index contributed by atoms with van der Waals surface area (Å²) in [6.45, 7) is 3.77. The molecule has 1 aromatic rings. The molecule has 0 spiro atoms. The van der Waals surface area contributed by atoms with Crippen molar-refractivity contribution in [1.29, 1.82) is 0 Å². The fourth-order valence-corrected chi connectivity index (χ4v) is 1.85. The Bertz CT molecular complexity index is 413. The summed E-state index contributed by atoms with van der Waals surface area (Å²) in [5.41, 5.74) is 4.84. The Labute approximate surface area is 84.5 Å². The van der Waals surface area contributed by atoms with Crippen molar-refractivity contribution in [3.63, 3.8) is 0 Å². The molecule has 0 saturated heterocycles. The van der Waals surface area contributed by atoms with Gasteiger partial charge in [-0.3, -0.25) is 4.79 Å². The molecule has 0 amide bonds. The molecule has 1 aliphatic carbocycles. The minimum atomic E-state index is 0.152. The number of hydrogen-bond acceptors (Lipinski definition) is 1. The molecule has 0 aliphatic heterocycles. The number of ketones is 1. The molecule has 1 aliphatic rings. The van der Waals surface area contributed by atoms with Crippen molar-refractivity contribution in [2.24, 2.45) is 0 Å². The SMILES string of the molecule is CC(=O)c1ccc2c(c1)CCC(C)=C2. The standard InChI is InChI=1S/C13H14O/c1-9-3-4-13-8-11(10(2)14)5-6-12(13)7-9/h5-8H,3-4H2,1-2H3. The molecule has 0 radical (unpaired) electrons. The van der Waals surface area contributed by atoms with Gasteiger partial charge < -0.3 is 0 Å². The number of aryl methyl sites for hydroxylation is 1. The highest BCUT2D eigenvalue weighted by molar-refractivity contribution is 5.94. The number of benzene rings is 1. The molecule has 0 unspecified atom stereocenters. The minimum absolute atomic E-state index is 0.152. The predicted molar refractivity (Wildman–Crippen MR) is 58.4 cm³/mol. The molecule has 0 fully saturated rings. The number of fused-ring (bicyclic) bond motifs is 1. The van der Waals surface area contributed by atoms with Gasteiger partial charge in [0.25, 0.3) is 0 Å². The smallest absolute Gasteiger partial charge is 0.159 e. The molecule has 2 rings (SSSR count). The summed E-state index contributed by atoms with van der Waals surface area (Å²) in [7, 11) is 0. The molecule has 0 atom stereocenters. The maximum atomic E-state index is 11.2. The highest BCUT2D eigenvalue weighted by Gasteiger charge is 2.09. The van der Waals surface area contributed by atoms with Crippen LogP contribution in [-0.2, 0) is 6.42 Å². The molecule has 72 valence electrons. The van der Waals surface area contributed by atoms with E-state index in [4.69, 9.17) is 0 Å². The van der Waals surface area contributed by atoms with E-state index in [0.29, 0.717) is 0 Å². The lowest BCUT2D eigenvalue weighted by Crippen LogP contribution is -2.00. The summed E-state index contributed by atoms with van der Waals surface area (Å²) < 4.78 is 0. The Balaban J connectivity index is 2.47. The van der Waals surface area contributed by atoms with Crippen LogP contribution in [0, 0.1) is 0 Å². The van der Waals surface area contributed by atoms with Gasteiger partial charge in [-0.25, -0.2) is 0 Å². The lowest BCUT2D eigenvalue weighted by molar-refractivity contribution is 0.101. The van der Waals surface area contributed by atoms with Crippen molar-refractivity contribution in [2.75, 3.05) is 0 Å². The third-order valence-electron chi connectivity index (χ3n) is 2.74. The maximum Gasteiger partial charge on any atom is 0.159 e. The fraction of sp³-hybridized carbons (Fsp3) is 0.308. The van der Waals surface area contributed by atoms with Gasteiger partial charge in [0.15, 0.2) is 5.78 Å². The third kappa shape index (κ3) is 1.63. The monoisotopic (exact) mass is 186 g/mol. The van der Waals surface area contributed by atoms with Crippen molar-refractivity contribution in [1.82, 2.24) is 0 Å². The first-order valence-electron chi connectivity index (χ1n) is 4.98. The summed E-state index contributed by atoms with van der Waals surface area (Å²) in [4.78, 5) is 11.2. The van der Waals surface area contributed by atoms with Crippen molar-refractivity contribution in [3.05, 3.63) is 40.5 Å². The van der Waals surface area contributed by atoms with E-state index in [9.17, 15) is 4.79 Å². The normalized spacial score (nSPS) is 14.6. The van der Waals surface area contributed by atoms with E-state index in [1.165, 1.54) is 16.7 Å². The molecule has 0 N–H and O–H groups in total. The van der Waals surface area contributed by atoms with E-state index >= 15 is 0 Å². The van der Waals surface area contributed by atoms with Crippen LogP contribution in [0.25, 0.3) is 6.08 Å². The van der Waals surface area contributed by atoms with E-state index in [1.807, 2.05) is 12.1 Å². The van der Waals surface area contributed by atoms with Gasteiger partial charge in [0, 0.05) is 5.56 Å². The summed E-state index contributed by atoms with van der Waals surface area (Å²) in [6, 6.07) is 5.99. The molecule has 0 aromatic heterocycles. The Morgan fingerprint density at radius 1 is 1.29 bits per heavy atom. The van der Waals surface area contributed by atoms with Gasteiger partial charge in [0.2, 0.25) is 0 Å². The van der Waals surface area contributed by atoms with E-state index < -0.39 is 0 Å². The van der Waals surface area contributed by atoms with Crippen LogP contribution in [0.4, 0.5) is 0 Å². The van der Waals surface area contributed by atoms with Crippen LogP contribution in [0.2, 0.25) is 0 Å². The van der Waals surface area contributed by atoms with Gasteiger partial charge in [0.05, 0.1) is 0 Å². The van der Waals surface area contributed by atoms with Gasteiger partial charge in [-0.2, -0.15) is 0 Å². The van der Waals surface area contributed by atoms with E-state index in [2.05, 4.69) is 19.1 Å². The molecule has 14 heavy (non-hydrogen) atoms. The first-order chi connectivity index (χ1) is 6.66. The zero-order chi connectivity index (χ0) is 10.1. The average molecular weight is 186 g/mol. The highest BCUT2D eigenvalue weighted by atomic mass is 16.1. The van der Waals surface area contributed by atoms with Crippen molar-refractivity contribution in [2.45, 2.75) is 26.7 Å². The number of Topliss-reactive ketones (excluding diaryl/α,β-unsaturated/α-hetero) is 1. The number of carbonyl (C=O) groups is 1. The summed E-state index contributed by atoms with van der Waals surface area (Å²) in [5, 5.41) is 0. The number of hydrogen-bond donors (Lipinski definition) is 0. The van der Waals surface area contributed by atoms with Crippen LogP contribution in [-0.4, -0.2) is 5.78 Å². The number of rotatable bonds is 1. The van der Waals surface area contributed by atoms with Crippen molar-refractivity contribution in [3.8, 4) is 0 Å². The Morgan fingerprint density at radius 2 is 2.07 bits per heavy atom. The quantitative estimate of drug-likeness (QED) is 0.615. The molecule has 1 aromatic carbocycles. The zero-order valence-corrected chi connectivity index (χ0v) is 8.63. The summed E-state index contributed by atoms with van der Waals surface area (Å²) in [5.74, 6) is 0.152. The van der Waals surface area contributed by atoms with Gasteiger partial charge in [-0.05, 0) is 43.9 Å². The maximum absolute atomic E-state index is 11.2. The second kappa shape index (κ2) is 3.41. The van der Waals surface area contributed by atoms with Crippen LogP contribution in [0.3, 0.4) is 0 Å². The minimum Gasteiger partial charge on any atom is -0.295 e. The van der Waals surface area contributed by atoms with Gasteiger partial charge in [0.1, 0.15) is 0 Å². The Kier molecular flexibility index (Phi) is 2.24. The topological polar surface area (TPSA) is 17.1 Å². The predicted octanol–water partition coefficient (Wildman–Crippen LogP) is 3.24. The van der Waals surface area contributed by atoms with Crippen LogP contribution in [0.1, 0.15) is 41.8 Å². The second-order valence-electron chi connectivity index (χ2n) is 3.96. The average Bonchev–Trinajstić information content (AvgIpc) is 2.16. The molecule has 1 nitrogen and oxygen atoms in total. The molecular formula is C13H14O. The van der Waals surface area contributed by atoms with E-state index in [-0.39, 0.29) is 5.78 Å². The van der Waals surface area contributed by atoms with Gasteiger partial charge in [-0.1, -0.05) is 23.8 Å². The van der Waals surface area contributed by atoms with Gasteiger partial charge in [-0.15, -0.1) is 0 Å². The lowest BCUT2D eigenvalue weighted by Gasteiger charge is -2.14. The molecule has 1 heteroatoms. The summed E-state index contributed by atoms with van der Waals surface area (Å²) >= 11 is 0. The molecule has 0 bridgehead atoms. The van der Waals surface area contributed by atoms with Crippen LogP contribution >= 0.6 is 0 Å². The number of allylic oxidation sites excluding steroid dienone is 1. The first kappa shape index (κ1) is 9.20. The van der Waals surface area contributed by atoms with E-state index in [1.54, 1.807) is 6.92 Å². The second-order valence-corrected chi connectivity index (χ2v) is 3.96. The third-order valence-corrected chi connectivity index (χ3v) is 2.74. The highest BCUT2D eigenvalue weighted by Crippen LogP contribution is 2.24. The molecule has 0 heterocycles. The van der Waals surface area contributed by atoms with Crippen LogP contribution in [0.5, 0.6) is 0 Å². The molecule has 0 saturated carbocycles. The zero-order valence-electron chi connectivity index (χ0n) is 8.63. The Morgan fingerprint density at radius 3 is 2.79 bits per heavy atom.